The molecule has 0 bridgehead atoms. The van der Waals surface area contributed by atoms with E-state index in [9.17, 15) is 0 Å². The van der Waals surface area contributed by atoms with E-state index in [2.05, 4.69) is 18.0 Å². The first-order chi connectivity index (χ1) is 8.20. The van der Waals surface area contributed by atoms with E-state index in [0.717, 1.165) is 29.0 Å². The van der Waals surface area contributed by atoms with Crippen LogP contribution >= 0.6 is 0 Å². The minimum absolute atomic E-state index is 0.719. The van der Waals surface area contributed by atoms with Crippen molar-refractivity contribution in [3.63, 3.8) is 0 Å². The normalized spacial score (nSPS) is 10.2. The second-order valence-corrected chi connectivity index (χ2v) is 4.07. The Balaban J connectivity index is 2.35. The SMILES string of the molecule is COc1ccc(C)cc1Cc1ccncc1N. The number of pyridine rings is 1. The lowest BCUT2D eigenvalue weighted by atomic mass is 10.0. The van der Waals surface area contributed by atoms with E-state index in [0.29, 0.717) is 0 Å². The summed E-state index contributed by atoms with van der Waals surface area (Å²) < 4.78 is 5.36. The summed E-state index contributed by atoms with van der Waals surface area (Å²) in [5.41, 5.74) is 10.0. The number of aromatic nitrogens is 1. The first-order valence-electron chi connectivity index (χ1n) is 5.52. The van der Waals surface area contributed by atoms with Crippen molar-refractivity contribution in [3.05, 3.63) is 53.3 Å². The highest BCUT2D eigenvalue weighted by atomic mass is 16.5. The predicted octanol–water partition coefficient (Wildman–Crippen LogP) is 2.57. The highest BCUT2D eigenvalue weighted by Crippen LogP contribution is 2.24. The van der Waals surface area contributed by atoms with Gasteiger partial charge in [0.15, 0.2) is 0 Å². The fourth-order valence-corrected chi connectivity index (χ4v) is 1.85. The average Bonchev–Trinajstić information content (AvgIpc) is 2.32. The fourth-order valence-electron chi connectivity index (χ4n) is 1.85. The zero-order chi connectivity index (χ0) is 12.3. The van der Waals surface area contributed by atoms with Crippen LogP contribution in [0.15, 0.2) is 36.7 Å². The van der Waals surface area contributed by atoms with Gasteiger partial charge in [-0.2, -0.15) is 0 Å². The van der Waals surface area contributed by atoms with E-state index < -0.39 is 0 Å². The van der Waals surface area contributed by atoms with Crippen LogP contribution in [0.4, 0.5) is 5.69 Å². The molecule has 1 heterocycles. The number of aryl methyl sites for hydroxylation is 1. The van der Waals surface area contributed by atoms with Gasteiger partial charge < -0.3 is 10.5 Å². The summed E-state index contributed by atoms with van der Waals surface area (Å²) in [5.74, 6) is 0.895. The van der Waals surface area contributed by atoms with Crippen LogP contribution in [-0.2, 0) is 6.42 Å². The summed E-state index contributed by atoms with van der Waals surface area (Å²) in [5, 5.41) is 0. The molecule has 0 saturated heterocycles. The van der Waals surface area contributed by atoms with Crippen LogP contribution in [0, 0.1) is 6.92 Å². The molecule has 1 aromatic carbocycles. The van der Waals surface area contributed by atoms with Crippen LogP contribution in [0.1, 0.15) is 16.7 Å². The maximum Gasteiger partial charge on any atom is 0.122 e. The molecule has 0 aliphatic carbocycles. The monoisotopic (exact) mass is 228 g/mol. The van der Waals surface area contributed by atoms with Crippen LogP contribution in [-0.4, -0.2) is 12.1 Å². The van der Waals surface area contributed by atoms with Crippen molar-refractivity contribution in [2.75, 3.05) is 12.8 Å². The van der Waals surface area contributed by atoms with Gasteiger partial charge >= 0.3 is 0 Å². The second-order valence-electron chi connectivity index (χ2n) is 4.07. The Bertz CT molecular complexity index is 523. The van der Waals surface area contributed by atoms with Crippen molar-refractivity contribution in [2.24, 2.45) is 0 Å². The van der Waals surface area contributed by atoms with Crippen LogP contribution in [0.5, 0.6) is 5.75 Å². The molecule has 0 saturated carbocycles. The van der Waals surface area contributed by atoms with Gasteiger partial charge in [-0.25, -0.2) is 0 Å². The summed E-state index contributed by atoms with van der Waals surface area (Å²) in [7, 11) is 1.68. The van der Waals surface area contributed by atoms with Crippen molar-refractivity contribution >= 4 is 5.69 Å². The Hall–Kier alpha value is -2.03. The highest BCUT2D eigenvalue weighted by Gasteiger charge is 2.06. The van der Waals surface area contributed by atoms with Crippen molar-refractivity contribution in [1.29, 1.82) is 0 Å². The first kappa shape index (κ1) is 11.5. The Kier molecular flexibility index (Phi) is 3.28. The predicted molar refractivity (Wildman–Crippen MR) is 69.2 cm³/mol. The molecule has 0 radical (unpaired) electrons. The number of benzene rings is 1. The molecule has 0 atom stereocenters. The molecule has 1 aromatic heterocycles. The van der Waals surface area contributed by atoms with Crippen LogP contribution in [0.2, 0.25) is 0 Å². The van der Waals surface area contributed by atoms with E-state index in [4.69, 9.17) is 10.5 Å². The van der Waals surface area contributed by atoms with Gasteiger partial charge in [0.05, 0.1) is 19.0 Å². The zero-order valence-corrected chi connectivity index (χ0v) is 10.1. The third-order valence-electron chi connectivity index (χ3n) is 2.76. The molecule has 0 aliphatic rings. The number of nitrogen functional groups attached to an aromatic ring is 1. The van der Waals surface area contributed by atoms with Gasteiger partial charge in [-0.1, -0.05) is 17.7 Å². The number of rotatable bonds is 3. The lowest BCUT2D eigenvalue weighted by Crippen LogP contribution is -1.99. The Labute approximate surface area is 101 Å². The van der Waals surface area contributed by atoms with Gasteiger partial charge in [-0.15, -0.1) is 0 Å². The summed E-state index contributed by atoms with van der Waals surface area (Å²) in [4.78, 5) is 3.99. The average molecular weight is 228 g/mol. The first-order valence-corrected chi connectivity index (χ1v) is 5.52. The molecule has 17 heavy (non-hydrogen) atoms. The molecule has 2 aromatic rings. The van der Waals surface area contributed by atoms with Gasteiger partial charge in [0.2, 0.25) is 0 Å². The van der Waals surface area contributed by atoms with E-state index in [1.807, 2.05) is 18.2 Å². The largest absolute Gasteiger partial charge is 0.496 e. The smallest absolute Gasteiger partial charge is 0.122 e. The van der Waals surface area contributed by atoms with Gasteiger partial charge in [-0.3, -0.25) is 4.98 Å². The van der Waals surface area contributed by atoms with Crippen molar-refractivity contribution in [3.8, 4) is 5.75 Å². The maximum atomic E-state index is 5.89. The summed E-state index contributed by atoms with van der Waals surface area (Å²) in [6.45, 7) is 2.07. The van der Waals surface area contributed by atoms with E-state index in [1.165, 1.54) is 5.56 Å². The zero-order valence-electron chi connectivity index (χ0n) is 10.1. The topological polar surface area (TPSA) is 48.1 Å². The van der Waals surface area contributed by atoms with Gasteiger partial charge in [0, 0.05) is 12.6 Å². The molecule has 0 spiro atoms. The number of methoxy groups -OCH3 is 1. The number of hydrogen-bond acceptors (Lipinski definition) is 3. The van der Waals surface area contributed by atoms with Crippen LogP contribution in [0.25, 0.3) is 0 Å². The lowest BCUT2D eigenvalue weighted by molar-refractivity contribution is 0.410. The molecule has 2 rings (SSSR count). The molecule has 0 amide bonds. The van der Waals surface area contributed by atoms with Crippen LogP contribution < -0.4 is 10.5 Å². The van der Waals surface area contributed by atoms with E-state index in [1.54, 1.807) is 19.5 Å². The number of nitrogens with two attached hydrogens (primary N) is 1. The van der Waals surface area contributed by atoms with E-state index in [-0.39, 0.29) is 0 Å². The molecule has 2 N–H and O–H groups in total. The minimum atomic E-state index is 0.719. The molecular formula is C14H16N2O. The Morgan fingerprint density at radius 1 is 1.24 bits per heavy atom. The Morgan fingerprint density at radius 2 is 2.06 bits per heavy atom. The van der Waals surface area contributed by atoms with Crippen molar-refractivity contribution < 1.29 is 4.74 Å². The Morgan fingerprint density at radius 3 is 2.76 bits per heavy atom. The standard InChI is InChI=1S/C14H16N2O/c1-10-3-4-14(17-2)12(7-10)8-11-5-6-16-9-13(11)15/h3-7,9H,8,15H2,1-2H3. The third-order valence-corrected chi connectivity index (χ3v) is 2.76. The fraction of sp³-hybridized carbons (Fsp3) is 0.214. The quantitative estimate of drug-likeness (QED) is 0.878. The molecule has 3 nitrogen and oxygen atoms in total. The molecule has 3 heteroatoms. The highest BCUT2D eigenvalue weighted by molar-refractivity contribution is 5.49. The lowest BCUT2D eigenvalue weighted by Gasteiger charge is -2.10. The van der Waals surface area contributed by atoms with Gasteiger partial charge in [0.25, 0.3) is 0 Å². The molecule has 88 valence electrons. The van der Waals surface area contributed by atoms with Gasteiger partial charge in [-0.05, 0) is 30.2 Å². The maximum absolute atomic E-state index is 5.89. The number of hydrogen-bond donors (Lipinski definition) is 1. The molecule has 0 unspecified atom stereocenters. The third kappa shape index (κ3) is 2.56. The van der Waals surface area contributed by atoms with E-state index >= 15 is 0 Å². The van der Waals surface area contributed by atoms with Crippen molar-refractivity contribution in [2.45, 2.75) is 13.3 Å². The number of anilines is 1. The number of nitrogens with zero attached hydrogens (tertiary/aromatic N) is 1. The summed E-state index contributed by atoms with van der Waals surface area (Å²) in [6.07, 6.45) is 4.20. The summed E-state index contributed by atoms with van der Waals surface area (Å²) >= 11 is 0. The number of ether oxygens (including phenoxy) is 1. The van der Waals surface area contributed by atoms with Crippen LogP contribution in [0.3, 0.4) is 0 Å². The molecule has 0 aliphatic heterocycles. The second kappa shape index (κ2) is 4.87. The van der Waals surface area contributed by atoms with Gasteiger partial charge in [0.1, 0.15) is 5.75 Å². The minimum Gasteiger partial charge on any atom is -0.496 e. The molecule has 0 fully saturated rings. The summed E-state index contributed by atoms with van der Waals surface area (Å²) in [6, 6.07) is 8.09. The van der Waals surface area contributed by atoms with Crippen molar-refractivity contribution in [1.82, 2.24) is 4.98 Å². The molecular weight excluding hydrogens is 212 g/mol.